The fourth-order valence-corrected chi connectivity index (χ4v) is 4.07. The van der Waals surface area contributed by atoms with E-state index in [0.29, 0.717) is 11.8 Å². The minimum absolute atomic E-state index is 0.167. The third-order valence-electron chi connectivity index (χ3n) is 5.74. The van der Waals surface area contributed by atoms with Crippen LogP contribution < -0.4 is 16.5 Å². The van der Waals surface area contributed by atoms with Gasteiger partial charge in [0.15, 0.2) is 11.6 Å². The summed E-state index contributed by atoms with van der Waals surface area (Å²) in [7, 11) is 0. The monoisotopic (exact) mass is 390 g/mol. The van der Waals surface area contributed by atoms with Crippen LogP contribution in [0.5, 0.6) is 0 Å². The minimum atomic E-state index is 0.167. The topological polar surface area (TPSA) is 94.8 Å². The van der Waals surface area contributed by atoms with Crippen molar-refractivity contribution in [1.82, 2.24) is 26.6 Å². The van der Waals surface area contributed by atoms with Crippen molar-refractivity contribution in [2.45, 2.75) is 25.7 Å². The minimum Gasteiger partial charge on any atom is -0.355 e. The molecular weight excluding hydrogens is 368 g/mol. The predicted octanol–water partition coefficient (Wildman–Crippen LogP) is 2.49. The van der Waals surface area contributed by atoms with Crippen molar-refractivity contribution in [3.8, 4) is 11.3 Å². The highest BCUT2D eigenvalue weighted by Crippen LogP contribution is 2.33. The average Bonchev–Trinajstić information content (AvgIpc) is 3.44. The summed E-state index contributed by atoms with van der Waals surface area (Å²) in [6.45, 7) is 3.31. The second kappa shape index (κ2) is 7.21. The number of hydrogen-bond donors (Lipinski definition) is 3. The van der Waals surface area contributed by atoms with E-state index in [1.165, 1.54) is 5.56 Å². The van der Waals surface area contributed by atoms with Gasteiger partial charge in [0.25, 0.3) is 0 Å². The summed E-state index contributed by atoms with van der Waals surface area (Å²) >= 11 is 0. The van der Waals surface area contributed by atoms with Gasteiger partial charge in [0.05, 0.1) is 5.39 Å². The molecule has 0 unspecified atom stereocenters. The summed E-state index contributed by atoms with van der Waals surface area (Å²) in [5.41, 5.74) is 12.4. The lowest BCUT2D eigenvalue weighted by Crippen LogP contribution is -2.36. The lowest BCUT2D eigenvalue weighted by Gasteiger charge is -2.31. The zero-order valence-electron chi connectivity index (χ0n) is 16.1. The molecule has 1 amide bonds. The molecule has 3 aromatic rings. The number of fused-ring (bicyclic) bond motifs is 1. The first-order valence-electron chi connectivity index (χ1n) is 9.78. The number of likely N-dealkylation sites (tertiary alicyclic amines) is 1. The molecule has 8 heteroatoms. The molecule has 3 N–H and O–H groups in total. The number of nitrogens with zero attached hydrogens (tertiary/aromatic N) is 3. The molecule has 0 saturated carbocycles. The van der Waals surface area contributed by atoms with Gasteiger partial charge in [0.2, 0.25) is 5.91 Å². The van der Waals surface area contributed by atoms with E-state index in [4.69, 9.17) is 4.52 Å². The maximum Gasteiger partial charge on any atom is 0.219 e. The Hall–Kier alpha value is -3.39. The molecule has 0 bridgehead atoms. The van der Waals surface area contributed by atoms with Crippen LogP contribution in [0.15, 0.2) is 52.1 Å². The number of carbonyl (C=O) groups excluding carboxylic acids is 1. The molecule has 0 spiro atoms. The lowest BCUT2D eigenvalue weighted by atomic mass is 9.88. The highest BCUT2D eigenvalue weighted by molar-refractivity contribution is 6.03. The van der Waals surface area contributed by atoms with E-state index in [9.17, 15) is 4.79 Å². The summed E-state index contributed by atoms with van der Waals surface area (Å²) in [6, 6.07) is 14.4. The van der Waals surface area contributed by atoms with E-state index in [2.05, 4.69) is 51.0 Å². The number of amidine groups is 1. The van der Waals surface area contributed by atoms with Gasteiger partial charge in [-0.05, 0) is 42.5 Å². The Morgan fingerprint density at radius 1 is 1.10 bits per heavy atom. The number of hydrazone groups is 1. The van der Waals surface area contributed by atoms with Crippen LogP contribution in [0, 0.1) is 0 Å². The maximum atomic E-state index is 11.5. The van der Waals surface area contributed by atoms with Gasteiger partial charge in [0, 0.05) is 31.1 Å². The number of amides is 1. The van der Waals surface area contributed by atoms with Gasteiger partial charge in [-0.2, -0.15) is 0 Å². The van der Waals surface area contributed by atoms with Gasteiger partial charge in [-0.3, -0.25) is 10.2 Å². The maximum absolute atomic E-state index is 11.5. The first-order valence-corrected chi connectivity index (χ1v) is 9.78. The zero-order chi connectivity index (χ0) is 19.8. The van der Waals surface area contributed by atoms with E-state index >= 15 is 0 Å². The Bertz CT molecular complexity index is 1080. The van der Waals surface area contributed by atoms with Gasteiger partial charge in [-0.15, -0.1) is 10.6 Å². The molecule has 148 valence electrons. The number of rotatable bonds is 3. The normalized spacial score (nSPS) is 17.1. The second-order valence-electron chi connectivity index (χ2n) is 7.47. The molecule has 1 fully saturated rings. The van der Waals surface area contributed by atoms with Gasteiger partial charge < -0.3 is 9.42 Å². The molecule has 2 aromatic carbocycles. The molecule has 0 aliphatic carbocycles. The highest BCUT2D eigenvalue weighted by atomic mass is 16.5. The molecule has 5 rings (SSSR count). The van der Waals surface area contributed by atoms with Crippen LogP contribution in [0.1, 0.15) is 36.8 Å². The first-order chi connectivity index (χ1) is 14.2. The Balaban J connectivity index is 1.39. The van der Waals surface area contributed by atoms with Gasteiger partial charge in [-0.1, -0.05) is 29.4 Å². The van der Waals surface area contributed by atoms with E-state index in [1.807, 2.05) is 23.1 Å². The van der Waals surface area contributed by atoms with Gasteiger partial charge in [-0.25, -0.2) is 5.53 Å². The SMILES string of the molecule is CC(=O)N1CCC(c2ccc(-c3onc4ccc(C5=NNNN5)cc34)cc2)CC1. The molecule has 3 heterocycles. The molecule has 0 radical (unpaired) electrons. The van der Waals surface area contributed by atoms with Crippen LogP contribution in [0.3, 0.4) is 0 Å². The summed E-state index contributed by atoms with van der Waals surface area (Å²) in [5.74, 6) is 2.12. The van der Waals surface area contributed by atoms with Crippen LogP contribution in [0.4, 0.5) is 0 Å². The van der Waals surface area contributed by atoms with Crippen molar-refractivity contribution in [2.75, 3.05) is 13.1 Å². The van der Waals surface area contributed by atoms with Crippen LogP contribution in [-0.2, 0) is 4.79 Å². The molecule has 2 aliphatic rings. The summed E-state index contributed by atoms with van der Waals surface area (Å²) in [6.07, 6.45) is 2.01. The van der Waals surface area contributed by atoms with Crippen molar-refractivity contribution in [3.63, 3.8) is 0 Å². The van der Waals surface area contributed by atoms with Crippen LogP contribution in [0.2, 0.25) is 0 Å². The number of carbonyl (C=O) groups is 1. The third-order valence-corrected chi connectivity index (χ3v) is 5.74. The average molecular weight is 390 g/mol. The van der Waals surface area contributed by atoms with E-state index < -0.39 is 0 Å². The Morgan fingerprint density at radius 2 is 1.86 bits per heavy atom. The van der Waals surface area contributed by atoms with Crippen LogP contribution >= 0.6 is 0 Å². The van der Waals surface area contributed by atoms with Crippen molar-refractivity contribution >= 4 is 22.6 Å². The van der Waals surface area contributed by atoms with E-state index in [-0.39, 0.29) is 5.91 Å². The fourth-order valence-electron chi connectivity index (χ4n) is 4.07. The van der Waals surface area contributed by atoms with Crippen molar-refractivity contribution in [2.24, 2.45) is 5.10 Å². The molecule has 0 atom stereocenters. The van der Waals surface area contributed by atoms with Crippen LogP contribution in [-0.4, -0.2) is 34.9 Å². The fraction of sp³-hybridized carbons (Fsp3) is 0.286. The Morgan fingerprint density at radius 3 is 2.55 bits per heavy atom. The number of piperidine rings is 1. The smallest absolute Gasteiger partial charge is 0.219 e. The second-order valence-corrected chi connectivity index (χ2v) is 7.47. The molecule has 2 aliphatic heterocycles. The zero-order valence-corrected chi connectivity index (χ0v) is 16.1. The standard InChI is InChI=1S/C21H22N6O2/c1-13(28)27-10-8-15(9-11-27)14-2-4-16(5-3-14)20-18-12-17(21-22-25-26-23-21)6-7-19(18)24-29-20/h2-7,12,15,25-26H,8-11H2,1H3,(H,22,23). The van der Waals surface area contributed by atoms with E-state index in [1.54, 1.807) is 6.92 Å². The number of nitrogens with one attached hydrogen (secondary N) is 3. The Kier molecular flexibility index (Phi) is 4.40. The lowest BCUT2D eigenvalue weighted by molar-refractivity contribution is -0.129. The largest absolute Gasteiger partial charge is 0.355 e. The van der Waals surface area contributed by atoms with E-state index in [0.717, 1.165) is 53.7 Å². The number of aromatic nitrogens is 1. The van der Waals surface area contributed by atoms with Gasteiger partial charge in [0.1, 0.15) is 5.52 Å². The van der Waals surface area contributed by atoms with Crippen molar-refractivity contribution in [1.29, 1.82) is 0 Å². The number of benzene rings is 2. The molecule has 29 heavy (non-hydrogen) atoms. The molecular formula is C21H22N6O2. The Labute approximate surface area is 167 Å². The predicted molar refractivity (Wildman–Crippen MR) is 110 cm³/mol. The van der Waals surface area contributed by atoms with Crippen molar-refractivity contribution in [3.05, 3.63) is 53.6 Å². The summed E-state index contributed by atoms with van der Waals surface area (Å²) < 4.78 is 5.66. The van der Waals surface area contributed by atoms with Crippen molar-refractivity contribution < 1.29 is 9.32 Å². The molecule has 1 saturated heterocycles. The van der Waals surface area contributed by atoms with Gasteiger partial charge >= 0.3 is 0 Å². The third kappa shape index (κ3) is 3.31. The number of hydrogen-bond acceptors (Lipinski definition) is 7. The molecule has 1 aromatic heterocycles. The highest BCUT2D eigenvalue weighted by Gasteiger charge is 2.22. The first kappa shape index (κ1) is 17.7. The summed E-state index contributed by atoms with van der Waals surface area (Å²) in [4.78, 5) is 13.5. The quantitative estimate of drug-likeness (QED) is 0.636. The molecule has 8 nitrogen and oxygen atoms in total. The van der Waals surface area contributed by atoms with Crippen LogP contribution in [0.25, 0.3) is 22.2 Å². The summed E-state index contributed by atoms with van der Waals surface area (Å²) in [5, 5.41) is 9.29. The number of hydrazine groups is 2.